The molecular formula is C12H16N4O2. The fraction of sp³-hybridized carbons (Fsp3) is 0.417. The smallest absolute Gasteiger partial charge is 0.356 e. The van der Waals surface area contributed by atoms with Crippen LogP contribution in [0.25, 0.3) is 5.65 Å². The molecule has 0 spiro atoms. The average Bonchev–Trinajstić information content (AvgIpc) is 2.70. The van der Waals surface area contributed by atoms with E-state index in [9.17, 15) is 4.79 Å². The number of aromatic carboxylic acids is 1. The third kappa shape index (κ3) is 2.27. The molecule has 18 heavy (non-hydrogen) atoms. The maximum Gasteiger partial charge on any atom is 0.356 e. The first kappa shape index (κ1) is 12.3. The van der Waals surface area contributed by atoms with Crippen molar-refractivity contribution in [2.24, 2.45) is 5.92 Å². The minimum absolute atomic E-state index is 0.000645. The van der Waals surface area contributed by atoms with E-state index in [1.54, 1.807) is 7.05 Å². The molecule has 0 unspecified atom stereocenters. The van der Waals surface area contributed by atoms with Gasteiger partial charge < -0.3 is 10.4 Å². The number of carbonyl (C=O) groups is 1. The molecule has 0 aromatic carbocycles. The predicted octanol–water partition coefficient (Wildman–Crippen LogP) is 1.67. The van der Waals surface area contributed by atoms with Crippen LogP contribution in [0.1, 0.15) is 30.0 Å². The molecule has 2 N–H and O–H groups in total. The van der Waals surface area contributed by atoms with Crippen LogP contribution >= 0.6 is 0 Å². The SMILES string of the molecule is CNc1cc(CC(C)C)nc2cc(C(=O)O)nn12. The lowest BCUT2D eigenvalue weighted by atomic mass is 10.1. The second-order valence-corrected chi connectivity index (χ2v) is 4.59. The zero-order chi connectivity index (χ0) is 13.3. The second kappa shape index (κ2) is 4.64. The van der Waals surface area contributed by atoms with Crippen LogP contribution in [0, 0.1) is 5.92 Å². The lowest BCUT2D eigenvalue weighted by Gasteiger charge is -2.08. The van der Waals surface area contributed by atoms with E-state index in [1.165, 1.54) is 10.6 Å². The van der Waals surface area contributed by atoms with Crippen molar-refractivity contribution < 1.29 is 9.90 Å². The van der Waals surface area contributed by atoms with Crippen LogP contribution in [0.3, 0.4) is 0 Å². The largest absolute Gasteiger partial charge is 0.476 e. The van der Waals surface area contributed by atoms with Gasteiger partial charge in [0, 0.05) is 24.9 Å². The summed E-state index contributed by atoms with van der Waals surface area (Å²) >= 11 is 0. The molecule has 0 saturated carbocycles. The van der Waals surface area contributed by atoms with Crippen LogP contribution in [0.2, 0.25) is 0 Å². The molecule has 0 aliphatic heterocycles. The molecular weight excluding hydrogens is 232 g/mol. The lowest BCUT2D eigenvalue weighted by Crippen LogP contribution is -2.06. The van der Waals surface area contributed by atoms with Gasteiger partial charge in [-0.25, -0.2) is 9.78 Å². The highest BCUT2D eigenvalue weighted by molar-refractivity contribution is 5.86. The number of carboxylic acid groups (broad SMARTS) is 1. The van der Waals surface area contributed by atoms with Crippen molar-refractivity contribution in [2.45, 2.75) is 20.3 Å². The van der Waals surface area contributed by atoms with E-state index < -0.39 is 5.97 Å². The van der Waals surface area contributed by atoms with Crippen LogP contribution in [0.4, 0.5) is 5.82 Å². The van der Waals surface area contributed by atoms with Gasteiger partial charge in [0.15, 0.2) is 11.3 Å². The minimum Gasteiger partial charge on any atom is -0.476 e. The molecule has 0 atom stereocenters. The minimum atomic E-state index is -1.05. The van der Waals surface area contributed by atoms with Crippen molar-refractivity contribution in [1.82, 2.24) is 14.6 Å². The number of rotatable bonds is 4. The predicted molar refractivity (Wildman–Crippen MR) is 68.0 cm³/mol. The molecule has 2 aromatic heterocycles. The van der Waals surface area contributed by atoms with Gasteiger partial charge in [-0.15, -0.1) is 0 Å². The summed E-state index contributed by atoms with van der Waals surface area (Å²) < 4.78 is 1.51. The Bertz CT molecular complexity index is 589. The van der Waals surface area contributed by atoms with Crippen LogP contribution in [0.5, 0.6) is 0 Å². The van der Waals surface area contributed by atoms with Gasteiger partial charge in [0.25, 0.3) is 0 Å². The van der Waals surface area contributed by atoms with Crippen molar-refractivity contribution in [3.05, 3.63) is 23.5 Å². The molecule has 0 fully saturated rings. The first-order chi connectivity index (χ1) is 8.51. The van der Waals surface area contributed by atoms with Crippen LogP contribution in [-0.4, -0.2) is 32.7 Å². The van der Waals surface area contributed by atoms with E-state index in [-0.39, 0.29) is 5.69 Å². The van der Waals surface area contributed by atoms with Crippen molar-refractivity contribution in [3.63, 3.8) is 0 Å². The van der Waals surface area contributed by atoms with Crippen molar-refractivity contribution >= 4 is 17.4 Å². The van der Waals surface area contributed by atoms with Crippen molar-refractivity contribution in [3.8, 4) is 0 Å². The normalized spacial score (nSPS) is 11.1. The Morgan fingerprint density at radius 2 is 2.22 bits per heavy atom. The molecule has 0 radical (unpaired) electrons. The molecule has 0 aliphatic carbocycles. The fourth-order valence-electron chi connectivity index (χ4n) is 1.83. The van der Waals surface area contributed by atoms with Gasteiger partial charge in [-0.2, -0.15) is 9.61 Å². The standard InChI is InChI=1S/C12H16N4O2/c1-7(2)4-8-5-10(13-3)16-11(14-8)6-9(15-16)12(17)18/h5-7,13H,4H2,1-3H3,(H,17,18). The zero-order valence-corrected chi connectivity index (χ0v) is 10.6. The van der Waals surface area contributed by atoms with Gasteiger partial charge in [-0.1, -0.05) is 13.8 Å². The molecule has 96 valence electrons. The Labute approximate surface area is 105 Å². The quantitative estimate of drug-likeness (QED) is 0.860. The topological polar surface area (TPSA) is 79.5 Å². The third-order valence-corrected chi connectivity index (χ3v) is 2.57. The molecule has 0 amide bonds. The van der Waals surface area contributed by atoms with Gasteiger partial charge in [0.1, 0.15) is 5.82 Å². The Morgan fingerprint density at radius 1 is 1.50 bits per heavy atom. The molecule has 2 rings (SSSR count). The maximum absolute atomic E-state index is 10.9. The Kier molecular flexibility index (Phi) is 3.18. The maximum atomic E-state index is 10.9. The van der Waals surface area contributed by atoms with Gasteiger partial charge in [-0.05, 0) is 12.3 Å². The molecule has 0 bridgehead atoms. The first-order valence-corrected chi connectivity index (χ1v) is 5.82. The summed E-state index contributed by atoms with van der Waals surface area (Å²) in [5.41, 5.74) is 1.48. The number of carboxylic acids is 1. The van der Waals surface area contributed by atoms with E-state index in [0.717, 1.165) is 17.9 Å². The monoisotopic (exact) mass is 248 g/mol. The highest BCUT2D eigenvalue weighted by atomic mass is 16.4. The van der Waals surface area contributed by atoms with E-state index in [1.807, 2.05) is 6.07 Å². The summed E-state index contributed by atoms with van der Waals surface area (Å²) in [4.78, 5) is 15.3. The summed E-state index contributed by atoms with van der Waals surface area (Å²) in [5, 5.41) is 15.9. The van der Waals surface area contributed by atoms with Gasteiger partial charge >= 0.3 is 5.97 Å². The Hall–Kier alpha value is -2.11. The van der Waals surface area contributed by atoms with E-state index >= 15 is 0 Å². The molecule has 2 aromatic rings. The summed E-state index contributed by atoms with van der Waals surface area (Å²) in [7, 11) is 1.77. The van der Waals surface area contributed by atoms with Crippen molar-refractivity contribution in [2.75, 3.05) is 12.4 Å². The number of anilines is 1. The summed E-state index contributed by atoms with van der Waals surface area (Å²) in [6, 6.07) is 3.37. The van der Waals surface area contributed by atoms with Gasteiger partial charge in [0.2, 0.25) is 0 Å². The number of hydrogen-bond acceptors (Lipinski definition) is 4. The van der Waals surface area contributed by atoms with Crippen molar-refractivity contribution in [1.29, 1.82) is 0 Å². The summed E-state index contributed by atoms with van der Waals surface area (Å²) in [6.07, 6.45) is 0.846. The molecule has 6 nitrogen and oxygen atoms in total. The zero-order valence-electron chi connectivity index (χ0n) is 10.6. The number of aromatic nitrogens is 3. The Balaban J connectivity index is 2.56. The van der Waals surface area contributed by atoms with Crippen LogP contribution in [-0.2, 0) is 6.42 Å². The Morgan fingerprint density at radius 3 is 2.78 bits per heavy atom. The van der Waals surface area contributed by atoms with E-state index in [4.69, 9.17) is 5.11 Å². The van der Waals surface area contributed by atoms with Gasteiger partial charge in [-0.3, -0.25) is 0 Å². The first-order valence-electron chi connectivity index (χ1n) is 5.82. The molecule has 0 aliphatic rings. The highest BCUT2D eigenvalue weighted by Gasteiger charge is 2.13. The average molecular weight is 248 g/mol. The number of fused-ring (bicyclic) bond motifs is 1. The number of nitrogens with zero attached hydrogens (tertiary/aromatic N) is 3. The highest BCUT2D eigenvalue weighted by Crippen LogP contribution is 2.16. The molecule has 2 heterocycles. The second-order valence-electron chi connectivity index (χ2n) is 4.59. The van der Waals surface area contributed by atoms with Crippen LogP contribution < -0.4 is 5.32 Å². The third-order valence-electron chi connectivity index (χ3n) is 2.57. The van der Waals surface area contributed by atoms with Gasteiger partial charge in [0.05, 0.1) is 0 Å². The van der Waals surface area contributed by atoms with E-state index in [2.05, 4.69) is 29.2 Å². The molecule has 6 heteroatoms. The fourth-order valence-corrected chi connectivity index (χ4v) is 1.83. The summed E-state index contributed by atoms with van der Waals surface area (Å²) in [6.45, 7) is 4.23. The summed E-state index contributed by atoms with van der Waals surface area (Å²) in [5.74, 6) is 0.183. The number of hydrogen-bond donors (Lipinski definition) is 2. The number of nitrogens with one attached hydrogen (secondary N) is 1. The van der Waals surface area contributed by atoms with E-state index in [0.29, 0.717) is 11.6 Å². The van der Waals surface area contributed by atoms with Crippen LogP contribution in [0.15, 0.2) is 12.1 Å². The molecule has 0 saturated heterocycles. The lowest BCUT2D eigenvalue weighted by molar-refractivity contribution is 0.0690.